The predicted molar refractivity (Wildman–Crippen MR) is 78.9 cm³/mol. The largest absolute Gasteiger partial charge is 0.373 e. The van der Waals surface area contributed by atoms with Gasteiger partial charge in [0.25, 0.3) is 0 Å². The number of hydrogen-bond acceptors (Lipinski definition) is 5. The average molecular weight is 276 g/mol. The van der Waals surface area contributed by atoms with Crippen LogP contribution >= 0.6 is 0 Å². The van der Waals surface area contributed by atoms with Crippen LogP contribution in [0, 0.1) is 12.8 Å². The Morgan fingerprint density at radius 2 is 2.20 bits per heavy atom. The maximum absolute atomic E-state index is 5.91. The van der Waals surface area contributed by atoms with E-state index >= 15 is 0 Å². The van der Waals surface area contributed by atoms with E-state index in [-0.39, 0.29) is 6.10 Å². The van der Waals surface area contributed by atoms with Crippen LogP contribution in [0.4, 0.5) is 5.82 Å². The Morgan fingerprint density at radius 3 is 2.95 bits per heavy atom. The first-order valence-corrected chi connectivity index (χ1v) is 7.54. The predicted octanol–water partition coefficient (Wildman–Crippen LogP) is 1.33. The first kappa shape index (κ1) is 13.8. The first-order valence-electron chi connectivity index (χ1n) is 7.54. The highest BCUT2D eigenvalue weighted by Crippen LogP contribution is 2.29. The molecular weight excluding hydrogens is 252 g/mol. The Morgan fingerprint density at radius 1 is 1.35 bits per heavy atom. The molecule has 5 heteroatoms. The third kappa shape index (κ3) is 3.67. The summed E-state index contributed by atoms with van der Waals surface area (Å²) in [4.78, 5) is 13.3. The van der Waals surface area contributed by atoms with Crippen molar-refractivity contribution in [1.29, 1.82) is 0 Å². The van der Waals surface area contributed by atoms with Gasteiger partial charge in [0, 0.05) is 37.9 Å². The quantitative estimate of drug-likeness (QED) is 0.811. The summed E-state index contributed by atoms with van der Waals surface area (Å²) in [6, 6.07) is 2.05. The first-order chi connectivity index (χ1) is 9.70. The maximum Gasteiger partial charge on any atom is 0.132 e. The molecule has 0 spiro atoms. The van der Waals surface area contributed by atoms with Gasteiger partial charge in [-0.1, -0.05) is 0 Å². The molecule has 1 aromatic rings. The number of aromatic nitrogens is 2. The molecule has 0 radical (unpaired) electrons. The molecule has 0 aromatic carbocycles. The highest BCUT2D eigenvalue weighted by molar-refractivity contribution is 5.39. The number of ether oxygens (including phenoxy) is 1. The standard InChI is InChI=1S/C15H24N4O/c1-12-7-15(17-11-16-12)19-5-6-20-14(10-19)9-18(2)8-13-3-4-13/h7,11,13-14H,3-6,8-10H2,1-2H3/t14-/m1/s1. The Balaban J connectivity index is 1.55. The van der Waals surface area contributed by atoms with E-state index in [1.807, 2.05) is 6.92 Å². The third-order valence-electron chi connectivity index (χ3n) is 4.03. The summed E-state index contributed by atoms with van der Waals surface area (Å²) in [5, 5.41) is 0. The molecular formula is C15H24N4O. The molecule has 0 N–H and O–H groups in total. The summed E-state index contributed by atoms with van der Waals surface area (Å²) in [7, 11) is 2.20. The van der Waals surface area contributed by atoms with Crippen LogP contribution in [0.1, 0.15) is 18.5 Å². The van der Waals surface area contributed by atoms with Crippen molar-refractivity contribution in [3.05, 3.63) is 18.1 Å². The molecule has 20 heavy (non-hydrogen) atoms. The third-order valence-corrected chi connectivity index (χ3v) is 4.03. The second-order valence-corrected chi connectivity index (χ2v) is 6.12. The zero-order chi connectivity index (χ0) is 13.9. The minimum Gasteiger partial charge on any atom is -0.373 e. The second-order valence-electron chi connectivity index (χ2n) is 6.12. The van der Waals surface area contributed by atoms with Gasteiger partial charge in [-0.15, -0.1) is 0 Å². The van der Waals surface area contributed by atoms with Crippen molar-refractivity contribution in [3.8, 4) is 0 Å². The van der Waals surface area contributed by atoms with Gasteiger partial charge < -0.3 is 14.5 Å². The van der Waals surface area contributed by atoms with Crippen molar-refractivity contribution in [2.45, 2.75) is 25.9 Å². The van der Waals surface area contributed by atoms with Gasteiger partial charge in [0.2, 0.25) is 0 Å². The summed E-state index contributed by atoms with van der Waals surface area (Å²) >= 11 is 0. The molecule has 2 heterocycles. The molecule has 5 nitrogen and oxygen atoms in total. The monoisotopic (exact) mass is 276 g/mol. The lowest BCUT2D eigenvalue weighted by Gasteiger charge is -2.35. The van der Waals surface area contributed by atoms with Crippen LogP contribution in [0.3, 0.4) is 0 Å². The second kappa shape index (κ2) is 6.06. The van der Waals surface area contributed by atoms with Crippen molar-refractivity contribution in [2.75, 3.05) is 44.7 Å². The minimum atomic E-state index is 0.280. The van der Waals surface area contributed by atoms with E-state index in [1.165, 1.54) is 19.4 Å². The molecule has 1 saturated heterocycles. The van der Waals surface area contributed by atoms with Crippen LogP contribution in [0.25, 0.3) is 0 Å². The van der Waals surface area contributed by atoms with Gasteiger partial charge in [-0.05, 0) is 32.7 Å². The van der Waals surface area contributed by atoms with Gasteiger partial charge in [0.05, 0.1) is 12.7 Å². The number of anilines is 1. The Bertz CT molecular complexity index is 449. The number of nitrogens with zero attached hydrogens (tertiary/aromatic N) is 4. The normalized spacial score (nSPS) is 23.4. The summed E-state index contributed by atoms with van der Waals surface area (Å²) < 4.78 is 5.91. The van der Waals surface area contributed by atoms with Crippen molar-refractivity contribution in [2.24, 2.45) is 5.92 Å². The van der Waals surface area contributed by atoms with E-state index in [1.54, 1.807) is 6.33 Å². The summed E-state index contributed by atoms with van der Waals surface area (Å²) in [6.07, 6.45) is 4.74. The van der Waals surface area contributed by atoms with Crippen LogP contribution in [0.5, 0.6) is 0 Å². The van der Waals surface area contributed by atoms with Crippen molar-refractivity contribution < 1.29 is 4.74 Å². The zero-order valence-electron chi connectivity index (χ0n) is 12.5. The Kier molecular flexibility index (Phi) is 4.17. The molecule has 3 rings (SSSR count). The lowest BCUT2D eigenvalue weighted by molar-refractivity contribution is 0.0197. The fourth-order valence-corrected chi connectivity index (χ4v) is 2.81. The zero-order valence-corrected chi connectivity index (χ0v) is 12.5. The minimum absolute atomic E-state index is 0.280. The molecule has 1 atom stereocenters. The molecule has 1 aliphatic heterocycles. The lowest BCUT2D eigenvalue weighted by atomic mass is 10.2. The Labute approximate surface area is 121 Å². The number of morpholine rings is 1. The van der Waals surface area contributed by atoms with Crippen LogP contribution in [-0.4, -0.2) is 60.8 Å². The molecule has 2 fully saturated rings. The van der Waals surface area contributed by atoms with Gasteiger partial charge in [0.1, 0.15) is 12.1 Å². The summed E-state index contributed by atoms with van der Waals surface area (Å²) in [5.74, 6) is 1.96. The van der Waals surface area contributed by atoms with Crippen molar-refractivity contribution in [1.82, 2.24) is 14.9 Å². The highest BCUT2D eigenvalue weighted by Gasteiger charge is 2.26. The lowest BCUT2D eigenvalue weighted by Crippen LogP contribution is -2.47. The van der Waals surface area contributed by atoms with E-state index in [9.17, 15) is 0 Å². The SMILES string of the molecule is Cc1cc(N2CCO[C@H](CN(C)CC3CC3)C2)ncn1. The highest BCUT2D eigenvalue weighted by atomic mass is 16.5. The van der Waals surface area contributed by atoms with Crippen LogP contribution in [0.2, 0.25) is 0 Å². The van der Waals surface area contributed by atoms with E-state index < -0.39 is 0 Å². The molecule has 0 bridgehead atoms. The van der Waals surface area contributed by atoms with E-state index in [2.05, 4.69) is 32.9 Å². The van der Waals surface area contributed by atoms with Crippen LogP contribution < -0.4 is 4.90 Å². The number of likely N-dealkylation sites (N-methyl/N-ethyl adjacent to an activating group) is 1. The van der Waals surface area contributed by atoms with Crippen molar-refractivity contribution >= 4 is 5.82 Å². The van der Waals surface area contributed by atoms with Crippen LogP contribution in [0.15, 0.2) is 12.4 Å². The molecule has 2 aliphatic rings. The maximum atomic E-state index is 5.91. The number of rotatable bonds is 5. The number of aryl methyl sites for hydroxylation is 1. The Hall–Kier alpha value is -1.20. The van der Waals surface area contributed by atoms with Gasteiger partial charge in [-0.2, -0.15) is 0 Å². The van der Waals surface area contributed by atoms with Gasteiger partial charge in [-0.25, -0.2) is 9.97 Å². The fourth-order valence-electron chi connectivity index (χ4n) is 2.81. The molecule has 0 amide bonds. The number of hydrogen-bond donors (Lipinski definition) is 0. The molecule has 1 aliphatic carbocycles. The van der Waals surface area contributed by atoms with Crippen molar-refractivity contribution in [3.63, 3.8) is 0 Å². The summed E-state index contributed by atoms with van der Waals surface area (Å²) in [5.41, 5.74) is 1.02. The van der Waals surface area contributed by atoms with E-state index in [4.69, 9.17) is 4.74 Å². The fraction of sp³-hybridized carbons (Fsp3) is 0.733. The molecule has 0 unspecified atom stereocenters. The van der Waals surface area contributed by atoms with Gasteiger partial charge >= 0.3 is 0 Å². The smallest absolute Gasteiger partial charge is 0.132 e. The molecule has 1 saturated carbocycles. The van der Waals surface area contributed by atoms with E-state index in [0.29, 0.717) is 0 Å². The molecule has 1 aromatic heterocycles. The average Bonchev–Trinajstić information content (AvgIpc) is 3.23. The molecule has 110 valence electrons. The summed E-state index contributed by atoms with van der Waals surface area (Å²) in [6.45, 7) is 6.85. The van der Waals surface area contributed by atoms with Crippen LogP contribution in [-0.2, 0) is 4.74 Å². The van der Waals surface area contributed by atoms with Gasteiger partial charge in [0.15, 0.2) is 0 Å². The topological polar surface area (TPSA) is 41.5 Å². The van der Waals surface area contributed by atoms with Gasteiger partial charge in [-0.3, -0.25) is 0 Å². The van der Waals surface area contributed by atoms with E-state index in [0.717, 1.165) is 43.7 Å².